The number of aliphatic hydroxyl groups excluding tert-OH is 2. The highest BCUT2D eigenvalue weighted by molar-refractivity contribution is 5.87. The number of hydrogen-bond donors (Lipinski definition) is 2. The van der Waals surface area contributed by atoms with Gasteiger partial charge in [-0.1, -0.05) is 30.3 Å². The van der Waals surface area contributed by atoms with Gasteiger partial charge >= 0.3 is 5.97 Å². The van der Waals surface area contributed by atoms with Crippen molar-refractivity contribution in [1.29, 1.82) is 0 Å². The van der Waals surface area contributed by atoms with E-state index in [0.29, 0.717) is 5.56 Å². The number of carbonyl (C=O) groups excluding carboxylic acids is 1. The molecule has 112 valence electrons. The summed E-state index contributed by atoms with van der Waals surface area (Å²) in [4.78, 5) is 11.3. The van der Waals surface area contributed by atoms with E-state index < -0.39 is 18.2 Å². The van der Waals surface area contributed by atoms with Crippen LogP contribution >= 0.6 is 0 Å². The molecule has 6 nitrogen and oxygen atoms in total. The van der Waals surface area contributed by atoms with Crippen molar-refractivity contribution in [3.05, 3.63) is 59.2 Å². The molecule has 1 aromatic rings. The van der Waals surface area contributed by atoms with Crippen LogP contribution in [0.4, 0.5) is 0 Å². The fourth-order valence-electron chi connectivity index (χ4n) is 2.00. The molecule has 0 fully saturated rings. The summed E-state index contributed by atoms with van der Waals surface area (Å²) in [6.45, 7) is 0. The molecular weight excluding hydrogens is 276 g/mol. The zero-order valence-electron chi connectivity index (χ0n) is 11.6. The van der Waals surface area contributed by atoms with Gasteiger partial charge in [0.1, 0.15) is 12.2 Å². The molecule has 0 spiro atoms. The maximum Gasteiger partial charge on any atom is 0.340 e. The van der Waals surface area contributed by atoms with Crippen molar-refractivity contribution in [2.24, 2.45) is 0 Å². The lowest BCUT2D eigenvalue weighted by atomic mass is 10.0. The molecule has 2 N–H and O–H groups in total. The largest absolute Gasteiger partial charge is 0.494 e. The average Bonchev–Trinajstić information content (AvgIpc) is 2.89. The predicted molar refractivity (Wildman–Crippen MR) is 72.6 cm³/mol. The summed E-state index contributed by atoms with van der Waals surface area (Å²) in [5.74, 6) is -0.605. The van der Waals surface area contributed by atoms with E-state index in [2.05, 4.69) is 0 Å². The Hall–Kier alpha value is -2.31. The molecular formula is C15H16O6. The number of esters is 1. The number of ether oxygens (including phenoxy) is 3. The Balaban J connectivity index is 2.33. The maximum atomic E-state index is 11.3. The fourth-order valence-corrected chi connectivity index (χ4v) is 2.00. The number of aliphatic hydroxyl groups is 2. The second-order valence-corrected chi connectivity index (χ2v) is 4.33. The molecule has 0 saturated carbocycles. The minimum Gasteiger partial charge on any atom is -0.494 e. The van der Waals surface area contributed by atoms with Crippen molar-refractivity contribution in [3.8, 4) is 0 Å². The van der Waals surface area contributed by atoms with Crippen LogP contribution in [0.15, 0.2) is 53.7 Å². The third kappa shape index (κ3) is 3.07. The second-order valence-electron chi connectivity index (χ2n) is 4.33. The molecule has 2 rings (SSSR count). The Morgan fingerprint density at radius 1 is 1.19 bits per heavy atom. The van der Waals surface area contributed by atoms with Gasteiger partial charge in [0, 0.05) is 0 Å². The SMILES string of the molecule is COC1=CC(=O)OC1=C(OC)C(O)C(O)c1ccccc1. The van der Waals surface area contributed by atoms with Crippen molar-refractivity contribution in [2.75, 3.05) is 14.2 Å². The second kappa shape index (κ2) is 6.43. The third-order valence-corrected chi connectivity index (χ3v) is 3.05. The van der Waals surface area contributed by atoms with Crippen LogP contribution < -0.4 is 0 Å². The summed E-state index contributed by atoms with van der Waals surface area (Å²) in [6.07, 6.45) is -1.50. The van der Waals surface area contributed by atoms with Crippen LogP contribution in [0.2, 0.25) is 0 Å². The monoisotopic (exact) mass is 292 g/mol. The van der Waals surface area contributed by atoms with Crippen molar-refractivity contribution >= 4 is 5.97 Å². The molecule has 1 aliphatic rings. The summed E-state index contributed by atoms with van der Waals surface area (Å²) in [5, 5.41) is 20.5. The quantitative estimate of drug-likeness (QED) is 0.623. The van der Waals surface area contributed by atoms with Crippen LogP contribution in [0.25, 0.3) is 0 Å². The number of cyclic esters (lactones) is 1. The molecule has 1 heterocycles. The summed E-state index contributed by atoms with van der Waals surface area (Å²) in [6, 6.07) is 8.60. The number of benzene rings is 1. The van der Waals surface area contributed by atoms with Crippen LogP contribution in [-0.2, 0) is 19.0 Å². The molecule has 2 unspecified atom stereocenters. The normalized spacial score (nSPS) is 19.4. The first-order valence-electron chi connectivity index (χ1n) is 6.25. The van der Waals surface area contributed by atoms with E-state index in [-0.39, 0.29) is 17.3 Å². The van der Waals surface area contributed by atoms with Crippen LogP contribution in [0, 0.1) is 0 Å². The van der Waals surface area contributed by atoms with Crippen LogP contribution in [-0.4, -0.2) is 36.5 Å². The van der Waals surface area contributed by atoms with Gasteiger partial charge in [-0.25, -0.2) is 4.79 Å². The van der Waals surface area contributed by atoms with Crippen molar-refractivity contribution in [1.82, 2.24) is 0 Å². The molecule has 1 aliphatic heterocycles. The molecule has 21 heavy (non-hydrogen) atoms. The smallest absolute Gasteiger partial charge is 0.340 e. The predicted octanol–water partition coefficient (Wildman–Crippen LogP) is 1.03. The summed E-state index contributed by atoms with van der Waals surface area (Å²) in [5.41, 5.74) is 0.507. The highest BCUT2D eigenvalue weighted by atomic mass is 16.6. The zero-order chi connectivity index (χ0) is 15.4. The van der Waals surface area contributed by atoms with Gasteiger partial charge in [0.2, 0.25) is 5.76 Å². The summed E-state index contributed by atoms with van der Waals surface area (Å²) in [7, 11) is 2.67. The van der Waals surface area contributed by atoms with Gasteiger partial charge in [-0.05, 0) is 5.56 Å². The Bertz CT molecular complexity index is 575. The first-order chi connectivity index (χ1) is 10.1. The minimum absolute atomic E-state index is 0.0347. The number of hydrogen-bond acceptors (Lipinski definition) is 6. The number of carbonyl (C=O) groups is 1. The average molecular weight is 292 g/mol. The molecule has 0 aromatic heterocycles. The summed E-state index contributed by atoms with van der Waals surface area (Å²) < 4.78 is 15.0. The molecule has 0 radical (unpaired) electrons. The first-order valence-corrected chi connectivity index (χ1v) is 6.25. The summed E-state index contributed by atoms with van der Waals surface area (Å²) >= 11 is 0. The van der Waals surface area contributed by atoms with E-state index in [0.717, 1.165) is 6.08 Å². The lowest BCUT2D eigenvalue weighted by molar-refractivity contribution is -0.132. The standard InChI is InChI=1S/C15H16O6/c1-19-10-8-11(16)21-14(10)15(20-2)13(18)12(17)9-6-4-3-5-7-9/h3-8,12-13,17-18H,1-2H3. The van der Waals surface area contributed by atoms with E-state index in [1.165, 1.54) is 14.2 Å². The maximum absolute atomic E-state index is 11.3. The highest BCUT2D eigenvalue weighted by Gasteiger charge is 2.33. The molecule has 1 aromatic carbocycles. The Morgan fingerprint density at radius 2 is 1.86 bits per heavy atom. The third-order valence-electron chi connectivity index (χ3n) is 3.05. The van der Waals surface area contributed by atoms with E-state index in [9.17, 15) is 15.0 Å². The Kier molecular flexibility index (Phi) is 4.62. The van der Waals surface area contributed by atoms with Gasteiger partial charge in [-0.2, -0.15) is 0 Å². The van der Waals surface area contributed by atoms with Gasteiger partial charge in [-0.15, -0.1) is 0 Å². The Morgan fingerprint density at radius 3 is 2.43 bits per heavy atom. The zero-order valence-corrected chi connectivity index (χ0v) is 11.6. The molecule has 0 amide bonds. The molecule has 0 bridgehead atoms. The van der Waals surface area contributed by atoms with Crippen LogP contribution in [0.5, 0.6) is 0 Å². The van der Waals surface area contributed by atoms with Crippen LogP contribution in [0.3, 0.4) is 0 Å². The van der Waals surface area contributed by atoms with Crippen molar-refractivity contribution in [3.63, 3.8) is 0 Å². The number of methoxy groups -OCH3 is 2. The van der Waals surface area contributed by atoms with E-state index >= 15 is 0 Å². The highest BCUT2D eigenvalue weighted by Crippen LogP contribution is 2.30. The van der Waals surface area contributed by atoms with Crippen molar-refractivity contribution < 1.29 is 29.2 Å². The van der Waals surface area contributed by atoms with Gasteiger partial charge in [0.05, 0.1) is 20.3 Å². The van der Waals surface area contributed by atoms with Gasteiger partial charge in [0.25, 0.3) is 0 Å². The lowest BCUT2D eigenvalue weighted by Crippen LogP contribution is -2.24. The molecule has 2 atom stereocenters. The van der Waals surface area contributed by atoms with Crippen LogP contribution in [0.1, 0.15) is 11.7 Å². The fraction of sp³-hybridized carbons (Fsp3) is 0.267. The van der Waals surface area contributed by atoms with E-state index in [1.807, 2.05) is 0 Å². The molecule has 0 aliphatic carbocycles. The minimum atomic E-state index is -1.41. The van der Waals surface area contributed by atoms with Gasteiger partial charge < -0.3 is 24.4 Å². The number of rotatable bonds is 5. The van der Waals surface area contributed by atoms with Gasteiger partial charge in [0.15, 0.2) is 11.5 Å². The molecule has 0 saturated heterocycles. The topological polar surface area (TPSA) is 85.2 Å². The van der Waals surface area contributed by atoms with Crippen molar-refractivity contribution in [2.45, 2.75) is 12.2 Å². The van der Waals surface area contributed by atoms with E-state index in [4.69, 9.17) is 14.2 Å². The van der Waals surface area contributed by atoms with E-state index in [1.54, 1.807) is 30.3 Å². The Labute approximate surface area is 121 Å². The molecule has 6 heteroatoms. The van der Waals surface area contributed by atoms with Gasteiger partial charge in [-0.3, -0.25) is 0 Å². The first kappa shape index (κ1) is 15.1. The lowest BCUT2D eigenvalue weighted by Gasteiger charge is -2.21.